The fourth-order valence-corrected chi connectivity index (χ4v) is 3.41. The third kappa shape index (κ3) is 3.66. The van der Waals surface area contributed by atoms with Gasteiger partial charge in [0.05, 0.1) is 24.0 Å². The summed E-state index contributed by atoms with van der Waals surface area (Å²) < 4.78 is 5.82. The second-order valence-electron chi connectivity index (χ2n) is 7.01. The molecular weight excluding hydrogens is 328 g/mol. The Balaban J connectivity index is 1.49. The van der Waals surface area contributed by atoms with Gasteiger partial charge in [0.15, 0.2) is 0 Å². The van der Waals surface area contributed by atoms with Gasteiger partial charge in [0.1, 0.15) is 11.9 Å². The van der Waals surface area contributed by atoms with Crippen molar-refractivity contribution in [2.75, 3.05) is 26.2 Å². The molecule has 3 rings (SSSR count). The number of likely N-dealkylation sites (tertiary alicyclic amines) is 2. The predicted molar refractivity (Wildman–Crippen MR) is 92.0 cm³/mol. The molecule has 0 spiro atoms. The summed E-state index contributed by atoms with van der Waals surface area (Å²) in [7, 11) is 0. The van der Waals surface area contributed by atoms with E-state index in [1.165, 1.54) is 0 Å². The molecule has 2 aliphatic rings. The van der Waals surface area contributed by atoms with Crippen LogP contribution in [-0.2, 0) is 9.59 Å². The Bertz CT molecular complexity index is 628. The third-order valence-corrected chi connectivity index (χ3v) is 4.75. The van der Waals surface area contributed by atoms with E-state index < -0.39 is 0 Å². The highest BCUT2D eigenvalue weighted by Crippen LogP contribution is 2.28. The summed E-state index contributed by atoms with van der Waals surface area (Å²) in [6.07, 6.45) is 0.302. The van der Waals surface area contributed by atoms with Crippen molar-refractivity contribution < 1.29 is 14.3 Å². The highest BCUT2D eigenvalue weighted by Gasteiger charge is 2.41. The number of nitrogens with zero attached hydrogens (tertiary/aromatic N) is 2. The summed E-state index contributed by atoms with van der Waals surface area (Å²) in [6.45, 7) is 6.53. The van der Waals surface area contributed by atoms with Crippen molar-refractivity contribution in [3.8, 4) is 5.75 Å². The standard InChI is InChI=1S/C18H23ClN2O3/c1-12(2)8-20-9-13(7-17(20)22)18(23)21-10-14(11-21)24-16-6-4-3-5-15(16)19/h3-6,12-14H,7-11H2,1-2H3/t13-/m0/s1. The fraction of sp³-hybridized carbons (Fsp3) is 0.556. The van der Waals surface area contributed by atoms with Crippen LogP contribution in [0.4, 0.5) is 0 Å². The Hall–Kier alpha value is -1.75. The summed E-state index contributed by atoms with van der Waals surface area (Å²) in [6, 6.07) is 7.33. The van der Waals surface area contributed by atoms with Crippen LogP contribution in [0.5, 0.6) is 5.75 Å². The largest absolute Gasteiger partial charge is 0.485 e. The highest BCUT2D eigenvalue weighted by atomic mass is 35.5. The summed E-state index contributed by atoms with van der Waals surface area (Å²) in [5, 5.41) is 0.577. The lowest BCUT2D eigenvalue weighted by atomic mass is 10.0. The van der Waals surface area contributed by atoms with Crippen molar-refractivity contribution in [2.24, 2.45) is 11.8 Å². The Morgan fingerprint density at radius 3 is 2.67 bits per heavy atom. The molecule has 2 heterocycles. The number of ether oxygens (including phenoxy) is 1. The molecule has 1 aromatic carbocycles. The first-order chi connectivity index (χ1) is 11.4. The summed E-state index contributed by atoms with van der Waals surface area (Å²) in [5.74, 6) is 1.01. The van der Waals surface area contributed by atoms with Gasteiger partial charge in [0, 0.05) is 19.5 Å². The second kappa shape index (κ2) is 7.01. The van der Waals surface area contributed by atoms with Crippen LogP contribution in [0.3, 0.4) is 0 Å². The van der Waals surface area contributed by atoms with Gasteiger partial charge in [-0.25, -0.2) is 0 Å². The molecular formula is C18H23ClN2O3. The number of benzene rings is 1. The van der Waals surface area contributed by atoms with Crippen LogP contribution in [0.1, 0.15) is 20.3 Å². The number of para-hydroxylation sites is 1. The van der Waals surface area contributed by atoms with Gasteiger partial charge in [0.25, 0.3) is 0 Å². The van der Waals surface area contributed by atoms with Crippen molar-refractivity contribution in [3.05, 3.63) is 29.3 Å². The van der Waals surface area contributed by atoms with E-state index >= 15 is 0 Å². The number of amides is 2. The van der Waals surface area contributed by atoms with Gasteiger partial charge in [-0.1, -0.05) is 37.6 Å². The van der Waals surface area contributed by atoms with Crippen LogP contribution in [-0.4, -0.2) is 53.9 Å². The van der Waals surface area contributed by atoms with Gasteiger partial charge in [-0.15, -0.1) is 0 Å². The van der Waals surface area contributed by atoms with Gasteiger partial charge < -0.3 is 14.5 Å². The third-order valence-electron chi connectivity index (χ3n) is 4.44. The van der Waals surface area contributed by atoms with Crippen molar-refractivity contribution in [3.63, 3.8) is 0 Å². The number of hydrogen-bond acceptors (Lipinski definition) is 3. The molecule has 2 fully saturated rings. The molecule has 0 aromatic heterocycles. The zero-order valence-corrected chi connectivity index (χ0v) is 14.8. The molecule has 2 aliphatic heterocycles. The second-order valence-corrected chi connectivity index (χ2v) is 7.41. The summed E-state index contributed by atoms with van der Waals surface area (Å²) in [4.78, 5) is 28.1. The SMILES string of the molecule is CC(C)CN1C[C@@H](C(=O)N2CC(Oc3ccccc3Cl)C2)CC1=O. The zero-order chi connectivity index (χ0) is 17.3. The van der Waals surface area contributed by atoms with Gasteiger partial charge in [-0.3, -0.25) is 9.59 Å². The Morgan fingerprint density at radius 1 is 1.29 bits per heavy atom. The minimum atomic E-state index is -0.211. The van der Waals surface area contributed by atoms with E-state index in [1.807, 2.05) is 23.1 Å². The molecule has 24 heavy (non-hydrogen) atoms. The molecule has 0 unspecified atom stereocenters. The molecule has 1 aromatic rings. The molecule has 130 valence electrons. The predicted octanol–water partition coefficient (Wildman–Crippen LogP) is 2.43. The maximum atomic E-state index is 12.5. The lowest BCUT2D eigenvalue weighted by Gasteiger charge is -2.40. The zero-order valence-electron chi connectivity index (χ0n) is 14.1. The van der Waals surface area contributed by atoms with E-state index in [9.17, 15) is 9.59 Å². The van der Waals surface area contributed by atoms with Gasteiger partial charge in [0.2, 0.25) is 11.8 Å². The normalized spacial score (nSPS) is 21.3. The fourth-order valence-electron chi connectivity index (χ4n) is 3.23. The molecule has 6 heteroatoms. The van der Waals surface area contributed by atoms with Crippen molar-refractivity contribution in [1.82, 2.24) is 9.80 Å². The molecule has 0 aliphatic carbocycles. The molecule has 1 atom stereocenters. The number of rotatable bonds is 5. The lowest BCUT2D eigenvalue weighted by molar-refractivity contribution is -0.144. The Kier molecular flexibility index (Phi) is 4.99. The number of halogens is 1. The van der Waals surface area contributed by atoms with E-state index in [0.717, 1.165) is 6.54 Å². The topological polar surface area (TPSA) is 49.9 Å². The smallest absolute Gasteiger partial charge is 0.228 e. The van der Waals surface area contributed by atoms with Crippen LogP contribution >= 0.6 is 11.6 Å². The lowest BCUT2D eigenvalue weighted by Crippen LogP contribution is -2.57. The van der Waals surface area contributed by atoms with Crippen molar-refractivity contribution in [1.29, 1.82) is 0 Å². The van der Waals surface area contributed by atoms with Gasteiger partial charge in [-0.05, 0) is 18.1 Å². The number of carbonyl (C=O) groups is 2. The maximum absolute atomic E-state index is 12.5. The monoisotopic (exact) mass is 350 g/mol. The van der Waals surface area contributed by atoms with E-state index in [-0.39, 0.29) is 23.8 Å². The van der Waals surface area contributed by atoms with Crippen LogP contribution in [0.25, 0.3) is 0 Å². The van der Waals surface area contributed by atoms with Crippen LogP contribution in [0.15, 0.2) is 24.3 Å². The van der Waals surface area contributed by atoms with Crippen LogP contribution in [0, 0.1) is 11.8 Å². The first-order valence-corrected chi connectivity index (χ1v) is 8.79. The van der Waals surface area contributed by atoms with Gasteiger partial charge >= 0.3 is 0 Å². The molecule has 0 radical (unpaired) electrons. The van der Waals surface area contributed by atoms with E-state index in [2.05, 4.69) is 13.8 Å². The molecule has 2 amide bonds. The maximum Gasteiger partial charge on any atom is 0.228 e. The first-order valence-electron chi connectivity index (χ1n) is 8.41. The summed E-state index contributed by atoms with van der Waals surface area (Å²) in [5.41, 5.74) is 0. The number of carbonyl (C=O) groups excluding carboxylic acids is 2. The van der Waals surface area contributed by atoms with Crippen LogP contribution < -0.4 is 4.74 Å². The minimum Gasteiger partial charge on any atom is -0.485 e. The molecule has 0 N–H and O–H groups in total. The highest BCUT2D eigenvalue weighted by molar-refractivity contribution is 6.32. The molecule has 0 bridgehead atoms. The van der Waals surface area contributed by atoms with E-state index in [4.69, 9.17) is 16.3 Å². The van der Waals surface area contributed by atoms with E-state index in [1.54, 1.807) is 11.0 Å². The van der Waals surface area contributed by atoms with Gasteiger partial charge in [-0.2, -0.15) is 0 Å². The average molecular weight is 351 g/mol. The first kappa shape index (κ1) is 17.1. The molecule has 5 nitrogen and oxygen atoms in total. The van der Waals surface area contributed by atoms with E-state index in [0.29, 0.717) is 42.7 Å². The molecule has 0 saturated carbocycles. The summed E-state index contributed by atoms with van der Waals surface area (Å²) >= 11 is 6.08. The quantitative estimate of drug-likeness (QED) is 0.819. The number of hydrogen-bond donors (Lipinski definition) is 0. The van der Waals surface area contributed by atoms with Crippen LogP contribution in [0.2, 0.25) is 5.02 Å². The average Bonchev–Trinajstić information content (AvgIpc) is 2.84. The molecule has 2 saturated heterocycles. The Labute approximate surface area is 147 Å². The van der Waals surface area contributed by atoms with Crippen molar-refractivity contribution in [2.45, 2.75) is 26.4 Å². The minimum absolute atomic E-state index is 0.0299. The Morgan fingerprint density at radius 2 is 2.00 bits per heavy atom. The van der Waals surface area contributed by atoms with Crippen molar-refractivity contribution >= 4 is 23.4 Å².